The largest absolute Gasteiger partial charge is 1.00 e. The molecule has 0 heterocycles. The fourth-order valence-electron chi connectivity index (χ4n) is 2.78. The third-order valence-electron chi connectivity index (χ3n) is 4.18. The van der Waals surface area contributed by atoms with Crippen LogP contribution >= 0.6 is 34.0 Å². The molecule has 0 amide bonds. The highest BCUT2D eigenvalue weighted by atomic mass is 79.9. The van der Waals surface area contributed by atoms with Gasteiger partial charge in [-0.1, -0.05) is 84.0 Å². The number of hydrogen-bond donors (Lipinski definition) is 0. The first-order valence-corrected chi connectivity index (χ1v) is 9.36. The lowest BCUT2D eigenvalue weighted by atomic mass is 10.0. The van der Waals surface area contributed by atoms with E-state index >= 15 is 0 Å². The molecule has 0 aliphatic carbocycles. The van der Waals surface area contributed by atoms with Crippen molar-refractivity contribution in [2.45, 2.75) is 96.8 Å². The number of halogens is 3. The summed E-state index contributed by atoms with van der Waals surface area (Å²) >= 11 is 0. The number of rotatable bonds is 15. The van der Waals surface area contributed by atoms with Gasteiger partial charge in [0.25, 0.3) is 0 Å². The van der Waals surface area contributed by atoms with Crippen molar-refractivity contribution in [3.63, 3.8) is 0 Å². The third kappa shape index (κ3) is 31.7. The smallest absolute Gasteiger partial charge is 0.0780 e. The predicted octanol–water partition coefficient (Wildman–Crippen LogP) is 4.33. The Morgan fingerprint density at radius 2 is 0.739 bits per heavy atom. The Balaban J connectivity index is -0.000000602. The van der Waals surface area contributed by atoms with Crippen molar-refractivity contribution >= 4 is 34.0 Å². The van der Waals surface area contributed by atoms with Gasteiger partial charge < -0.3 is 21.5 Å². The van der Waals surface area contributed by atoms with E-state index in [0.29, 0.717) is 0 Å². The molecule has 0 aromatic rings. The summed E-state index contributed by atoms with van der Waals surface area (Å²) < 4.78 is 1.12. The average molecular weight is 526 g/mol. The summed E-state index contributed by atoms with van der Waals surface area (Å²) in [7, 11) is 6.88. The second kappa shape index (κ2) is 23.4. The van der Waals surface area contributed by atoms with E-state index in [1.807, 2.05) is 0 Å². The summed E-state index contributed by atoms with van der Waals surface area (Å²) in [6.07, 6.45) is 20.4. The lowest BCUT2D eigenvalue weighted by Crippen LogP contribution is -3.00. The van der Waals surface area contributed by atoms with Crippen molar-refractivity contribution < 1.29 is 21.5 Å². The normalized spacial score (nSPS) is 10.4. The van der Waals surface area contributed by atoms with Crippen LogP contribution in [0.1, 0.15) is 96.8 Å². The molecule has 146 valence electrons. The van der Waals surface area contributed by atoms with E-state index in [4.69, 9.17) is 0 Å². The maximum Gasteiger partial charge on any atom is 0.0780 e. The Kier molecular flexibility index (Phi) is 32.7. The Morgan fingerprint density at radius 3 is 1.00 bits per heavy atom. The second-order valence-corrected chi connectivity index (χ2v) is 7.61. The Morgan fingerprint density at radius 1 is 0.478 bits per heavy atom. The molecule has 1 nitrogen and oxygen atoms in total. The topological polar surface area (TPSA) is 0 Å². The zero-order chi connectivity index (χ0) is 15.1. The summed E-state index contributed by atoms with van der Waals surface area (Å²) in [6.45, 7) is 3.63. The van der Waals surface area contributed by atoms with Gasteiger partial charge in [-0.2, -0.15) is 0 Å². The Bertz CT molecular complexity index is 194. The minimum absolute atomic E-state index is 0. The molecule has 0 aliphatic heterocycles. The van der Waals surface area contributed by atoms with Gasteiger partial charge in [0.05, 0.1) is 27.7 Å². The fraction of sp³-hybridized carbons (Fsp3) is 1.00. The SMILES string of the molecule is Br.Br.CCCCCCCCCCCCCCCC[N+](C)(C)C.[Br-]. The minimum atomic E-state index is 0. The molecule has 0 N–H and O–H groups in total. The third-order valence-corrected chi connectivity index (χ3v) is 4.18. The molecule has 0 spiro atoms. The summed E-state index contributed by atoms with van der Waals surface area (Å²) in [5.74, 6) is 0. The molecule has 0 radical (unpaired) electrons. The fourth-order valence-corrected chi connectivity index (χ4v) is 2.78. The van der Waals surface area contributed by atoms with E-state index in [1.54, 1.807) is 0 Å². The molecule has 0 saturated carbocycles. The van der Waals surface area contributed by atoms with Gasteiger partial charge in [-0.3, -0.25) is 0 Å². The summed E-state index contributed by atoms with van der Waals surface area (Å²) in [4.78, 5) is 0. The number of nitrogens with zero attached hydrogens (tertiary/aromatic N) is 1. The quantitative estimate of drug-likeness (QED) is 0.220. The highest BCUT2D eigenvalue weighted by Gasteiger charge is 2.04. The highest BCUT2D eigenvalue weighted by molar-refractivity contribution is 8.93. The second-order valence-electron chi connectivity index (χ2n) is 7.61. The van der Waals surface area contributed by atoms with Crippen LogP contribution in [0, 0.1) is 0 Å². The lowest BCUT2D eigenvalue weighted by Gasteiger charge is -2.23. The number of unbranched alkanes of at least 4 members (excludes halogenated alkanes) is 13. The molecular formula is C19H44Br3N. The van der Waals surface area contributed by atoms with Crippen LogP contribution in [-0.4, -0.2) is 32.2 Å². The van der Waals surface area contributed by atoms with Crippen LogP contribution in [0.4, 0.5) is 0 Å². The van der Waals surface area contributed by atoms with Gasteiger partial charge >= 0.3 is 0 Å². The molecule has 0 aromatic heterocycles. The van der Waals surface area contributed by atoms with Gasteiger partial charge in [0.15, 0.2) is 0 Å². The maximum absolute atomic E-state index is 2.29. The molecule has 4 heteroatoms. The van der Waals surface area contributed by atoms with Gasteiger partial charge in [0.2, 0.25) is 0 Å². The van der Waals surface area contributed by atoms with Gasteiger partial charge in [0.1, 0.15) is 0 Å². The van der Waals surface area contributed by atoms with Crippen LogP contribution in [0.5, 0.6) is 0 Å². The molecule has 0 atom stereocenters. The lowest BCUT2D eigenvalue weighted by molar-refractivity contribution is -0.870. The van der Waals surface area contributed by atoms with Crippen molar-refractivity contribution in [3.05, 3.63) is 0 Å². The van der Waals surface area contributed by atoms with Gasteiger partial charge in [-0.05, 0) is 12.8 Å². The van der Waals surface area contributed by atoms with Crippen LogP contribution in [0.3, 0.4) is 0 Å². The molecule has 0 saturated heterocycles. The average Bonchev–Trinajstić information content (AvgIpc) is 2.38. The van der Waals surface area contributed by atoms with E-state index in [-0.39, 0.29) is 50.9 Å². The molecular weight excluding hydrogens is 482 g/mol. The van der Waals surface area contributed by atoms with E-state index in [1.165, 1.54) is 96.4 Å². The first-order valence-electron chi connectivity index (χ1n) is 9.36. The molecule has 0 fully saturated rings. The van der Waals surface area contributed by atoms with E-state index in [2.05, 4.69) is 28.1 Å². The van der Waals surface area contributed by atoms with Crippen LogP contribution in [0.2, 0.25) is 0 Å². The van der Waals surface area contributed by atoms with Crippen LogP contribution < -0.4 is 17.0 Å². The van der Waals surface area contributed by atoms with E-state index in [9.17, 15) is 0 Å². The van der Waals surface area contributed by atoms with Crippen molar-refractivity contribution in [1.82, 2.24) is 0 Å². The molecule has 23 heavy (non-hydrogen) atoms. The maximum atomic E-state index is 2.29. The van der Waals surface area contributed by atoms with Gasteiger partial charge in [-0.15, -0.1) is 34.0 Å². The zero-order valence-corrected chi connectivity index (χ0v) is 21.3. The zero-order valence-electron chi connectivity index (χ0n) is 16.2. The molecule has 0 aliphatic rings. The van der Waals surface area contributed by atoms with Crippen LogP contribution in [0.25, 0.3) is 0 Å². The molecule has 0 aromatic carbocycles. The summed E-state index contributed by atoms with van der Waals surface area (Å²) in [5.41, 5.74) is 0. The van der Waals surface area contributed by atoms with E-state index in [0.717, 1.165) is 4.48 Å². The highest BCUT2D eigenvalue weighted by Crippen LogP contribution is 2.13. The predicted molar refractivity (Wildman–Crippen MR) is 114 cm³/mol. The molecule has 0 rings (SSSR count). The monoisotopic (exact) mass is 523 g/mol. The summed E-state index contributed by atoms with van der Waals surface area (Å²) in [6, 6.07) is 0. The van der Waals surface area contributed by atoms with Gasteiger partial charge in [0, 0.05) is 0 Å². The van der Waals surface area contributed by atoms with Crippen LogP contribution in [0.15, 0.2) is 0 Å². The van der Waals surface area contributed by atoms with Gasteiger partial charge in [-0.25, -0.2) is 0 Å². The van der Waals surface area contributed by atoms with Crippen molar-refractivity contribution in [3.8, 4) is 0 Å². The Hall–Kier alpha value is 1.40. The molecule has 0 unspecified atom stereocenters. The van der Waals surface area contributed by atoms with E-state index < -0.39 is 0 Å². The number of hydrogen-bond acceptors (Lipinski definition) is 0. The van der Waals surface area contributed by atoms with Crippen molar-refractivity contribution in [1.29, 1.82) is 0 Å². The number of quaternary nitrogens is 1. The Labute approximate surface area is 179 Å². The molecule has 0 bridgehead atoms. The van der Waals surface area contributed by atoms with Crippen molar-refractivity contribution in [2.75, 3.05) is 27.7 Å². The first kappa shape index (κ1) is 32.1. The standard InChI is InChI=1S/C19H42N.3BrH/c1-5-6-7-8-9-10-11-12-13-14-15-16-17-18-19-20(2,3)4;;;/h5-19H2,1-4H3;3*1H/q+1;;;/p-1. The summed E-state index contributed by atoms with van der Waals surface area (Å²) in [5, 5.41) is 0. The van der Waals surface area contributed by atoms with Crippen LogP contribution in [-0.2, 0) is 0 Å². The minimum Gasteiger partial charge on any atom is -1.00 e. The first-order chi connectivity index (χ1) is 9.56. The van der Waals surface area contributed by atoms with Crippen molar-refractivity contribution in [2.24, 2.45) is 0 Å².